The Hall–Kier alpha value is -0.720. The van der Waals surface area contributed by atoms with Gasteiger partial charge in [-0.15, -0.1) is 0 Å². The zero-order valence-corrected chi connectivity index (χ0v) is 7.67. The summed E-state index contributed by atoms with van der Waals surface area (Å²) in [5.41, 5.74) is 1.48. The molecule has 0 saturated heterocycles. The number of allylic oxidation sites excluding steroid dienone is 2. The van der Waals surface area contributed by atoms with Gasteiger partial charge in [0.05, 0.1) is 0 Å². The summed E-state index contributed by atoms with van der Waals surface area (Å²) in [7, 11) is 0. The fourth-order valence-electron chi connectivity index (χ4n) is 1.21. The van der Waals surface area contributed by atoms with Crippen molar-refractivity contribution in [3.63, 3.8) is 0 Å². The molecular weight excluding hydrogens is 134 g/mol. The van der Waals surface area contributed by atoms with E-state index < -0.39 is 0 Å². The van der Waals surface area contributed by atoms with Gasteiger partial charge in [-0.1, -0.05) is 18.6 Å². The third-order valence-corrected chi connectivity index (χ3v) is 2.30. The largest absolute Gasteiger partial charge is 0.355 e. The third-order valence-electron chi connectivity index (χ3n) is 2.30. The molecule has 1 heteroatoms. The van der Waals surface area contributed by atoms with Crippen LogP contribution >= 0.6 is 0 Å². The Kier molecular flexibility index (Phi) is 2.75. The predicted octanol–water partition coefficient (Wildman–Crippen LogP) is 2.77. The molecule has 62 valence electrons. The van der Waals surface area contributed by atoms with E-state index in [9.17, 15) is 0 Å². The molecule has 1 aliphatic heterocycles. The van der Waals surface area contributed by atoms with Crippen molar-refractivity contribution in [1.29, 1.82) is 0 Å². The first-order valence-corrected chi connectivity index (χ1v) is 4.34. The van der Waals surface area contributed by atoms with E-state index >= 15 is 0 Å². The van der Waals surface area contributed by atoms with Gasteiger partial charge in [-0.3, -0.25) is 0 Å². The van der Waals surface area contributed by atoms with Crippen molar-refractivity contribution in [2.24, 2.45) is 5.92 Å². The zero-order valence-electron chi connectivity index (χ0n) is 7.67. The van der Waals surface area contributed by atoms with Crippen LogP contribution in [-0.2, 0) is 0 Å². The fraction of sp³-hybridized carbons (Fsp3) is 0.600. The summed E-state index contributed by atoms with van der Waals surface area (Å²) < 4.78 is 0. The third kappa shape index (κ3) is 2.11. The van der Waals surface area contributed by atoms with Gasteiger partial charge in [-0.2, -0.15) is 0 Å². The van der Waals surface area contributed by atoms with Gasteiger partial charge in [0.2, 0.25) is 0 Å². The van der Waals surface area contributed by atoms with Crippen molar-refractivity contribution in [1.82, 2.24) is 4.90 Å². The second kappa shape index (κ2) is 3.61. The molecule has 0 radical (unpaired) electrons. The van der Waals surface area contributed by atoms with Crippen LogP contribution in [0.1, 0.15) is 27.2 Å². The van der Waals surface area contributed by atoms with Crippen LogP contribution in [0, 0.1) is 5.92 Å². The second-order valence-electron chi connectivity index (χ2n) is 3.23. The minimum absolute atomic E-state index is 0.711. The zero-order chi connectivity index (χ0) is 8.27. The van der Waals surface area contributed by atoms with E-state index in [4.69, 9.17) is 0 Å². The molecule has 0 N–H and O–H groups in total. The Labute approximate surface area is 69.4 Å². The first-order chi connectivity index (χ1) is 5.24. The summed E-state index contributed by atoms with van der Waals surface area (Å²) in [5.74, 6) is 0.711. The monoisotopic (exact) mass is 151 g/mol. The van der Waals surface area contributed by atoms with E-state index in [1.54, 1.807) is 0 Å². The highest BCUT2D eigenvalue weighted by molar-refractivity contribution is 5.09. The highest BCUT2D eigenvalue weighted by Gasteiger charge is 2.06. The van der Waals surface area contributed by atoms with E-state index in [0.29, 0.717) is 5.92 Å². The van der Waals surface area contributed by atoms with Gasteiger partial charge in [0.15, 0.2) is 0 Å². The molecular formula is C10H17N. The average Bonchev–Trinajstić information content (AvgIpc) is 2.15. The number of rotatable bonds is 1. The SMILES string of the molecule is CCN1C=CCC(C)C(C)=C1. The standard InChI is InChI=1S/C10H17N/c1-4-11-7-5-6-9(2)10(3)8-11/h5,7-9H,4,6H2,1-3H3. The number of hydrogen-bond donors (Lipinski definition) is 0. The van der Waals surface area contributed by atoms with Crippen LogP contribution in [-0.4, -0.2) is 11.4 Å². The van der Waals surface area contributed by atoms with Crippen LogP contribution in [0.3, 0.4) is 0 Å². The maximum absolute atomic E-state index is 2.27. The van der Waals surface area contributed by atoms with Crippen molar-refractivity contribution >= 4 is 0 Å². The van der Waals surface area contributed by atoms with Crippen LogP contribution in [0.15, 0.2) is 24.0 Å². The Morgan fingerprint density at radius 3 is 3.00 bits per heavy atom. The van der Waals surface area contributed by atoms with Gasteiger partial charge in [-0.05, 0) is 32.4 Å². The molecule has 0 saturated carbocycles. The summed E-state index contributed by atoms with van der Waals surface area (Å²) in [5, 5.41) is 0. The molecule has 1 atom stereocenters. The Balaban J connectivity index is 2.71. The molecule has 1 unspecified atom stereocenters. The fourth-order valence-corrected chi connectivity index (χ4v) is 1.21. The van der Waals surface area contributed by atoms with Gasteiger partial charge in [-0.25, -0.2) is 0 Å². The maximum Gasteiger partial charge on any atom is 0.0191 e. The summed E-state index contributed by atoms with van der Waals surface area (Å²) in [6.45, 7) is 7.72. The Bertz CT molecular complexity index is 179. The molecule has 0 fully saturated rings. The van der Waals surface area contributed by atoms with Gasteiger partial charge >= 0.3 is 0 Å². The quantitative estimate of drug-likeness (QED) is 0.557. The highest BCUT2D eigenvalue weighted by atomic mass is 15.1. The molecule has 11 heavy (non-hydrogen) atoms. The van der Waals surface area contributed by atoms with Gasteiger partial charge in [0.25, 0.3) is 0 Å². The minimum Gasteiger partial charge on any atom is -0.355 e. The molecule has 0 spiro atoms. The van der Waals surface area contributed by atoms with Crippen LogP contribution < -0.4 is 0 Å². The van der Waals surface area contributed by atoms with Gasteiger partial charge in [0, 0.05) is 12.7 Å². The van der Waals surface area contributed by atoms with Crippen LogP contribution in [0.5, 0.6) is 0 Å². The van der Waals surface area contributed by atoms with Gasteiger partial charge < -0.3 is 4.90 Å². The van der Waals surface area contributed by atoms with Crippen LogP contribution in [0.25, 0.3) is 0 Å². The van der Waals surface area contributed by atoms with Crippen molar-refractivity contribution in [2.75, 3.05) is 6.54 Å². The molecule has 0 aliphatic carbocycles. The first kappa shape index (κ1) is 8.38. The summed E-state index contributed by atoms with van der Waals surface area (Å²) >= 11 is 0. The van der Waals surface area contributed by atoms with E-state index in [1.165, 1.54) is 12.0 Å². The summed E-state index contributed by atoms with van der Waals surface area (Å²) in [4.78, 5) is 2.23. The molecule has 0 aromatic carbocycles. The van der Waals surface area contributed by atoms with E-state index in [1.807, 2.05) is 0 Å². The lowest BCUT2D eigenvalue weighted by molar-refractivity contribution is 0.531. The molecule has 0 bridgehead atoms. The summed E-state index contributed by atoms with van der Waals surface area (Å²) in [6.07, 6.45) is 7.85. The highest BCUT2D eigenvalue weighted by Crippen LogP contribution is 2.18. The smallest absolute Gasteiger partial charge is 0.0191 e. The Morgan fingerprint density at radius 2 is 2.36 bits per heavy atom. The summed E-state index contributed by atoms with van der Waals surface area (Å²) in [6, 6.07) is 0. The molecule has 1 aliphatic rings. The molecule has 1 heterocycles. The van der Waals surface area contributed by atoms with Gasteiger partial charge in [0.1, 0.15) is 0 Å². The van der Waals surface area contributed by atoms with E-state index in [-0.39, 0.29) is 0 Å². The van der Waals surface area contributed by atoms with Crippen molar-refractivity contribution < 1.29 is 0 Å². The normalized spacial score (nSPS) is 24.8. The van der Waals surface area contributed by atoms with E-state index in [0.717, 1.165) is 6.54 Å². The molecule has 1 nitrogen and oxygen atoms in total. The first-order valence-electron chi connectivity index (χ1n) is 4.34. The number of nitrogens with zero attached hydrogens (tertiary/aromatic N) is 1. The maximum atomic E-state index is 2.27. The molecule has 0 aromatic heterocycles. The second-order valence-corrected chi connectivity index (χ2v) is 3.23. The minimum atomic E-state index is 0.711. The Morgan fingerprint density at radius 1 is 1.64 bits per heavy atom. The van der Waals surface area contributed by atoms with Crippen LogP contribution in [0.4, 0.5) is 0 Å². The lowest BCUT2D eigenvalue weighted by atomic mass is 10.0. The lowest BCUT2D eigenvalue weighted by Gasteiger charge is -2.12. The molecule has 0 aromatic rings. The van der Waals surface area contributed by atoms with Crippen molar-refractivity contribution in [3.05, 3.63) is 24.0 Å². The predicted molar refractivity (Wildman–Crippen MR) is 49.1 cm³/mol. The van der Waals surface area contributed by atoms with Crippen LogP contribution in [0.2, 0.25) is 0 Å². The van der Waals surface area contributed by atoms with E-state index in [2.05, 4.69) is 44.1 Å². The number of hydrogen-bond acceptors (Lipinski definition) is 1. The topological polar surface area (TPSA) is 3.24 Å². The average molecular weight is 151 g/mol. The lowest BCUT2D eigenvalue weighted by Crippen LogP contribution is -2.08. The molecule has 1 rings (SSSR count). The van der Waals surface area contributed by atoms with Crippen molar-refractivity contribution in [2.45, 2.75) is 27.2 Å². The molecule has 0 amide bonds. The van der Waals surface area contributed by atoms with Crippen molar-refractivity contribution in [3.8, 4) is 0 Å².